The molecule has 1 N–H and O–H groups in total. The van der Waals surface area contributed by atoms with Gasteiger partial charge in [0.1, 0.15) is 5.75 Å². The molecule has 0 saturated carbocycles. The van der Waals surface area contributed by atoms with E-state index in [1.807, 2.05) is 48.5 Å². The fourth-order valence-electron chi connectivity index (χ4n) is 4.42. The number of phenols is 1. The predicted octanol–water partition coefficient (Wildman–Crippen LogP) is 3.61. The molecular formula is C38H43Cl2OSiTi-. The van der Waals surface area contributed by atoms with E-state index >= 15 is 0 Å². The van der Waals surface area contributed by atoms with Crippen LogP contribution in [0.4, 0.5) is 0 Å². The molecule has 0 saturated heterocycles. The Balaban J connectivity index is 0.000000361. The molecule has 1 nitrogen and oxygen atoms in total. The van der Waals surface area contributed by atoms with Crippen molar-refractivity contribution in [2.75, 3.05) is 0 Å². The van der Waals surface area contributed by atoms with E-state index < -0.39 is 8.07 Å². The van der Waals surface area contributed by atoms with Crippen molar-refractivity contribution in [2.45, 2.75) is 52.8 Å². The average Bonchev–Trinajstić information content (AvgIpc) is 3.44. The van der Waals surface area contributed by atoms with Gasteiger partial charge in [-0.1, -0.05) is 77.2 Å². The first-order chi connectivity index (χ1) is 19.4. The van der Waals surface area contributed by atoms with Gasteiger partial charge in [0.15, 0.2) is 0 Å². The van der Waals surface area contributed by atoms with Gasteiger partial charge in [-0.05, 0) is 34.3 Å². The summed E-state index contributed by atoms with van der Waals surface area (Å²) in [5.74, 6) is 0.404. The van der Waals surface area contributed by atoms with Crippen LogP contribution in [0.5, 0.6) is 5.75 Å². The van der Waals surface area contributed by atoms with Crippen molar-refractivity contribution in [3.8, 4) is 16.9 Å². The van der Waals surface area contributed by atoms with Crippen LogP contribution in [0.1, 0.15) is 43.0 Å². The Bertz CT molecular complexity index is 1470. The summed E-state index contributed by atoms with van der Waals surface area (Å²) in [4.78, 5) is 0. The molecule has 224 valence electrons. The molecule has 5 aromatic carbocycles. The Labute approximate surface area is 284 Å². The van der Waals surface area contributed by atoms with Crippen LogP contribution < -0.4 is 30.0 Å². The van der Waals surface area contributed by atoms with Crippen LogP contribution in [0.2, 0.25) is 18.1 Å². The second kappa shape index (κ2) is 17.6. The summed E-state index contributed by atoms with van der Waals surface area (Å²) in [6, 6.07) is 43.6. The van der Waals surface area contributed by atoms with E-state index in [9.17, 15) is 5.11 Å². The Morgan fingerprint density at radius 3 is 1.49 bits per heavy atom. The van der Waals surface area contributed by atoms with Gasteiger partial charge < -0.3 is 29.9 Å². The van der Waals surface area contributed by atoms with E-state index in [1.54, 1.807) is 0 Å². The van der Waals surface area contributed by atoms with Gasteiger partial charge in [-0.3, -0.25) is 0 Å². The minimum absolute atomic E-state index is 0. The monoisotopic (exact) mass is 661 g/mol. The fraction of sp³-hybridized carbons (Fsp3) is 0.211. The number of hydrogen-bond acceptors (Lipinski definition) is 1. The normalized spacial score (nSPS) is 10.5. The molecule has 0 heterocycles. The van der Waals surface area contributed by atoms with Crippen LogP contribution in [0.25, 0.3) is 11.1 Å². The van der Waals surface area contributed by atoms with Crippen molar-refractivity contribution in [2.24, 2.45) is 0 Å². The summed E-state index contributed by atoms with van der Waals surface area (Å²) in [6.45, 7) is 15.9. The average molecular weight is 663 g/mol. The van der Waals surface area contributed by atoms with Crippen LogP contribution in [-0.4, -0.2) is 17.0 Å². The topological polar surface area (TPSA) is 20.2 Å². The first kappa shape index (κ1) is 38.4. The van der Waals surface area contributed by atoms with Gasteiger partial charge in [0, 0.05) is 5.56 Å². The van der Waals surface area contributed by atoms with Gasteiger partial charge in [-0.15, -0.1) is 0 Å². The van der Waals surface area contributed by atoms with Gasteiger partial charge in [-0.2, -0.15) is 17.7 Å². The molecule has 0 atom stereocenters. The summed E-state index contributed by atoms with van der Waals surface area (Å²) in [6.07, 6.45) is 0. The Hall–Kier alpha value is -2.59. The number of halogens is 2. The summed E-state index contributed by atoms with van der Waals surface area (Å²) in [7, 11) is -1.73. The van der Waals surface area contributed by atoms with Crippen molar-refractivity contribution in [1.82, 2.24) is 0 Å². The second-order valence-electron chi connectivity index (χ2n) is 12.0. The summed E-state index contributed by atoms with van der Waals surface area (Å²) in [5, 5.41) is 12.2. The van der Waals surface area contributed by atoms with Crippen LogP contribution in [-0.2, 0) is 20.0 Å². The summed E-state index contributed by atoms with van der Waals surface area (Å²) >= 11 is 2.16. The molecule has 5 rings (SSSR count). The molecule has 5 heteroatoms. The van der Waals surface area contributed by atoms with E-state index in [1.165, 1.54) is 25.7 Å². The molecule has 0 bridgehead atoms. The molecule has 43 heavy (non-hydrogen) atoms. The summed E-state index contributed by atoms with van der Waals surface area (Å²) in [5.41, 5.74) is 7.18. The van der Waals surface area contributed by atoms with E-state index in [0.717, 1.165) is 16.7 Å². The standard InChI is InChI=1S/C19H26OSi.C13H10.C6H7.2ClH.Ti/c1-14-12-16(20)18(15-10-8-7-9-11-15)17(13-14)21(5,6)19(2,3)4;1-3-7-12(8-4-1)11-13-9-5-2-6-10-13;1-6-4-2-3-5-6;;;/h7-13,20H,1-6H3;1-10H;2-5H,1H3;2*1H;/q;;-1;;;+2/p-2. The SMILES string of the molecule is C[c-]1cccc1.Cc1cc(O)c(-c2ccccc2)c([Si](C)(C)C(C)(C)C)c1.[Cl-].[Cl-].[Ti+2]=[C](c1ccccc1)c1ccccc1. The molecule has 0 aliphatic heterocycles. The van der Waals surface area contributed by atoms with Gasteiger partial charge in [0.2, 0.25) is 0 Å². The first-order valence-corrected chi connectivity index (χ1v) is 18.0. The van der Waals surface area contributed by atoms with E-state index in [-0.39, 0.29) is 29.9 Å². The van der Waals surface area contributed by atoms with Gasteiger partial charge in [0.25, 0.3) is 0 Å². The number of aryl methyl sites for hydroxylation is 2. The molecule has 0 spiro atoms. The van der Waals surface area contributed by atoms with Crippen molar-refractivity contribution in [3.63, 3.8) is 0 Å². The van der Waals surface area contributed by atoms with Gasteiger partial charge in [0.05, 0.1) is 8.07 Å². The third kappa shape index (κ3) is 10.8. The van der Waals surface area contributed by atoms with Crippen LogP contribution in [0.3, 0.4) is 0 Å². The molecule has 0 aromatic heterocycles. The van der Waals surface area contributed by atoms with E-state index in [2.05, 4.69) is 147 Å². The van der Waals surface area contributed by atoms with Crippen LogP contribution >= 0.6 is 0 Å². The molecule has 0 unspecified atom stereocenters. The maximum absolute atomic E-state index is 10.6. The zero-order chi connectivity index (χ0) is 30.0. The van der Waals surface area contributed by atoms with Gasteiger partial charge >= 0.3 is 95.6 Å². The second-order valence-corrected chi connectivity index (χ2v) is 18.1. The quantitative estimate of drug-likeness (QED) is 0.231. The van der Waals surface area contributed by atoms with Crippen molar-refractivity contribution in [1.29, 1.82) is 0 Å². The number of phenolic OH excluding ortho intramolecular Hbond substituents is 1. The Morgan fingerprint density at radius 2 is 1.12 bits per heavy atom. The molecule has 0 amide bonds. The molecule has 0 aliphatic rings. The molecule has 0 aliphatic carbocycles. The van der Waals surface area contributed by atoms with E-state index in [0.29, 0.717) is 5.75 Å². The predicted molar refractivity (Wildman–Crippen MR) is 178 cm³/mol. The first-order valence-electron chi connectivity index (χ1n) is 14.2. The van der Waals surface area contributed by atoms with Crippen molar-refractivity contribution >= 4 is 17.1 Å². The molecule has 0 fully saturated rings. The minimum atomic E-state index is -1.73. The number of benzene rings is 4. The zero-order valence-corrected chi connectivity index (χ0v) is 30.4. The van der Waals surface area contributed by atoms with Crippen LogP contribution in [0.15, 0.2) is 127 Å². The number of rotatable bonds is 4. The van der Waals surface area contributed by atoms with Crippen molar-refractivity contribution < 1.29 is 49.9 Å². The van der Waals surface area contributed by atoms with E-state index in [4.69, 9.17) is 0 Å². The zero-order valence-electron chi connectivity index (χ0n) is 26.3. The van der Waals surface area contributed by atoms with Crippen molar-refractivity contribution in [3.05, 3.63) is 150 Å². The maximum atomic E-state index is 10.6. The third-order valence-corrected chi connectivity index (χ3v) is 14.2. The van der Waals surface area contributed by atoms with Crippen LogP contribution in [0, 0.1) is 13.8 Å². The summed E-state index contributed by atoms with van der Waals surface area (Å²) < 4.78 is 1.33. The number of hydrogen-bond donors (Lipinski definition) is 1. The molecular weight excluding hydrogens is 619 g/mol. The number of aromatic hydroxyl groups is 1. The third-order valence-electron chi connectivity index (χ3n) is 7.83. The Morgan fingerprint density at radius 1 is 0.698 bits per heavy atom. The molecule has 5 aromatic rings. The van der Waals surface area contributed by atoms with Gasteiger partial charge in [-0.25, -0.2) is 12.1 Å². The Kier molecular flexibility index (Phi) is 15.8. The fourth-order valence-corrected chi connectivity index (χ4v) is 7.23. The molecule has 0 radical (unpaired) electrons.